The highest BCUT2D eigenvalue weighted by atomic mass is 16.5. The van der Waals surface area contributed by atoms with E-state index in [1.165, 1.54) is 5.56 Å². The Morgan fingerprint density at radius 2 is 1.69 bits per heavy atom. The summed E-state index contributed by atoms with van der Waals surface area (Å²) in [5, 5.41) is 1.73. The smallest absolute Gasteiger partial charge is 0.0830 e. The molecule has 2 aromatic rings. The van der Waals surface area contributed by atoms with E-state index in [1.807, 2.05) is 32.0 Å². The van der Waals surface area contributed by atoms with Crippen molar-refractivity contribution in [2.45, 2.75) is 52.4 Å². The van der Waals surface area contributed by atoms with Gasteiger partial charge in [-0.25, -0.2) is 5.84 Å². The highest BCUT2D eigenvalue weighted by Gasteiger charge is 2.24. The van der Waals surface area contributed by atoms with Gasteiger partial charge in [0.1, 0.15) is 0 Å². The minimum atomic E-state index is -0.288. The van der Waals surface area contributed by atoms with Crippen LogP contribution in [0.15, 0.2) is 48.5 Å². The van der Waals surface area contributed by atoms with Gasteiger partial charge in [0.2, 0.25) is 0 Å². The van der Waals surface area contributed by atoms with Crippen LogP contribution in [0, 0.1) is 0 Å². The van der Waals surface area contributed by atoms with Gasteiger partial charge in [-0.15, -0.1) is 0 Å². The van der Waals surface area contributed by atoms with Crippen molar-refractivity contribution in [3.05, 3.63) is 65.2 Å². The van der Waals surface area contributed by atoms with Crippen LogP contribution in [0.3, 0.4) is 0 Å². The highest BCUT2D eigenvalue weighted by molar-refractivity contribution is 5.93. The van der Waals surface area contributed by atoms with Crippen molar-refractivity contribution in [3.8, 4) is 0 Å². The lowest BCUT2D eigenvalue weighted by molar-refractivity contribution is -0.0501. The zero-order valence-electron chi connectivity index (χ0n) is 20.1. The average Bonchev–Trinajstić information content (AvgIpc) is 2.73. The number of hydrazine groups is 1. The van der Waals surface area contributed by atoms with E-state index in [0.717, 1.165) is 35.5 Å². The van der Waals surface area contributed by atoms with Crippen LogP contribution in [0.1, 0.15) is 50.8 Å². The van der Waals surface area contributed by atoms with Crippen molar-refractivity contribution in [1.82, 2.24) is 5.01 Å². The Hall–Kier alpha value is -2.54. The fraction of sp³-hybridized carbons (Fsp3) is 0.462. The predicted molar refractivity (Wildman–Crippen MR) is 133 cm³/mol. The van der Waals surface area contributed by atoms with Crippen LogP contribution in [0.4, 0.5) is 5.69 Å². The lowest BCUT2D eigenvalue weighted by Gasteiger charge is -2.33. The summed E-state index contributed by atoms with van der Waals surface area (Å²) in [7, 11) is 2.09. The Morgan fingerprint density at radius 3 is 2.41 bits per heavy atom. The van der Waals surface area contributed by atoms with Crippen LogP contribution < -0.4 is 16.5 Å². The summed E-state index contributed by atoms with van der Waals surface area (Å²) in [6.45, 7) is 10.7. The summed E-state index contributed by atoms with van der Waals surface area (Å²) < 4.78 is 11.8. The largest absolute Gasteiger partial charge is 0.396 e. The number of benzene rings is 2. The number of nitrogens with zero attached hydrogens (tertiary/aromatic N) is 2. The average molecular weight is 439 g/mol. The highest BCUT2D eigenvalue weighted by Crippen LogP contribution is 2.35. The zero-order valence-corrected chi connectivity index (χ0v) is 20.1. The topological polar surface area (TPSA) is 77.0 Å². The first-order chi connectivity index (χ1) is 15.2. The molecule has 32 heavy (non-hydrogen) atoms. The van der Waals surface area contributed by atoms with Crippen LogP contribution in [0.5, 0.6) is 0 Å². The lowest BCUT2D eigenvalue weighted by atomic mass is 9.96. The second-order valence-electron chi connectivity index (χ2n) is 9.26. The Balaban J connectivity index is 1.82. The minimum Gasteiger partial charge on any atom is -0.396 e. The molecule has 0 aliphatic carbocycles. The maximum Gasteiger partial charge on any atom is 0.0830 e. The molecule has 1 heterocycles. The predicted octanol–water partition coefficient (Wildman–Crippen LogP) is 4.21. The molecule has 0 aromatic heterocycles. The van der Waals surface area contributed by atoms with Crippen molar-refractivity contribution < 1.29 is 9.47 Å². The SMILES string of the molecule is CC(C)OCCC(C)(C)OCCN(N)/C1=C(\N)c2ccccc2N(C)Cc2ccccc21. The molecule has 174 valence electrons. The molecule has 0 radical (unpaired) electrons. The van der Waals surface area contributed by atoms with Crippen LogP contribution in [-0.4, -0.2) is 43.5 Å². The summed E-state index contributed by atoms with van der Waals surface area (Å²) in [6.07, 6.45) is 1.05. The van der Waals surface area contributed by atoms with Crippen molar-refractivity contribution in [3.63, 3.8) is 0 Å². The molecule has 4 N–H and O–H groups in total. The molecule has 0 amide bonds. The Labute approximate surface area is 192 Å². The first-order valence-electron chi connectivity index (χ1n) is 11.4. The number of hydrogen-bond acceptors (Lipinski definition) is 6. The zero-order chi connectivity index (χ0) is 23.3. The van der Waals surface area contributed by atoms with Gasteiger partial charge in [-0.1, -0.05) is 42.5 Å². The van der Waals surface area contributed by atoms with Crippen molar-refractivity contribution >= 4 is 17.1 Å². The molecular formula is C26H38N4O2. The molecule has 2 aromatic carbocycles. The van der Waals surface area contributed by atoms with Gasteiger partial charge in [0, 0.05) is 37.0 Å². The maximum absolute atomic E-state index is 6.76. The Kier molecular flexibility index (Phi) is 7.82. The van der Waals surface area contributed by atoms with E-state index in [0.29, 0.717) is 25.5 Å². The van der Waals surface area contributed by atoms with Gasteiger partial charge in [0.05, 0.1) is 36.3 Å². The molecule has 0 bridgehead atoms. The molecule has 0 unspecified atom stereocenters. The van der Waals surface area contributed by atoms with Gasteiger partial charge in [-0.2, -0.15) is 0 Å². The monoisotopic (exact) mass is 438 g/mol. The standard InChI is InChI=1S/C26H38N4O2/c1-19(2)31-16-14-26(3,4)32-17-15-30(28)25-21-11-7-6-10-20(21)18-29(5)23-13-9-8-12-22(23)24(25)27/h6-13,19H,14-18,27-28H2,1-5H3/b25-24-. The lowest BCUT2D eigenvalue weighted by Crippen LogP contribution is -2.38. The van der Waals surface area contributed by atoms with Gasteiger partial charge in [0.25, 0.3) is 0 Å². The molecule has 6 heteroatoms. The third-order valence-electron chi connectivity index (χ3n) is 5.81. The second kappa shape index (κ2) is 10.4. The van der Waals surface area contributed by atoms with E-state index in [1.54, 1.807) is 5.01 Å². The number of anilines is 1. The molecule has 0 fully saturated rings. The molecule has 1 aliphatic rings. The summed E-state index contributed by atoms with van der Waals surface area (Å²) >= 11 is 0. The quantitative estimate of drug-likeness (QED) is 0.451. The van der Waals surface area contributed by atoms with Crippen molar-refractivity contribution in [2.75, 3.05) is 31.7 Å². The maximum atomic E-state index is 6.76. The molecule has 1 aliphatic heterocycles. The van der Waals surface area contributed by atoms with Gasteiger partial charge in [-0.3, -0.25) is 0 Å². The molecule has 6 nitrogen and oxygen atoms in total. The van der Waals surface area contributed by atoms with Gasteiger partial charge in [0.15, 0.2) is 0 Å². The first-order valence-corrected chi connectivity index (χ1v) is 11.4. The summed E-state index contributed by atoms with van der Waals surface area (Å²) in [5.41, 5.74) is 12.3. The van der Waals surface area contributed by atoms with Gasteiger partial charge < -0.3 is 25.1 Å². The fourth-order valence-corrected chi connectivity index (χ4v) is 3.99. The van der Waals surface area contributed by atoms with Crippen molar-refractivity contribution in [2.24, 2.45) is 11.6 Å². The van der Waals surface area contributed by atoms with E-state index in [2.05, 4.69) is 56.1 Å². The Bertz CT molecular complexity index is 939. The number of para-hydroxylation sites is 1. The molecular weight excluding hydrogens is 400 g/mol. The summed E-state index contributed by atoms with van der Waals surface area (Å²) in [4.78, 5) is 2.23. The van der Waals surface area contributed by atoms with E-state index in [4.69, 9.17) is 21.1 Å². The van der Waals surface area contributed by atoms with E-state index >= 15 is 0 Å². The van der Waals surface area contributed by atoms with E-state index in [-0.39, 0.29) is 11.7 Å². The molecule has 3 rings (SSSR count). The van der Waals surface area contributed by atoms with Crippen molar-refractivity contribution in [1.29, 1.82) is 0 Å². The molecule has 0 saturated carbocycles. The van der Waals surface area contributed by atoms with Gasteiger partial charge in [-0.05, 0) is 45.7 Å². The van der Waals surface area contributed by atoms with Crippen LogP contribution >= 0.6 is 0 Å². The fourth-order valence-electron chi connectivity index (χ4n) is 3.99. The van der Waals surface area contributed by atoms with E-state index in [9.17, 15) is 0 Å². The van der Waals surface area contributed by atoms with Crippen LogP contribution in [0.2, 0.25) is 0 Å². The number of fused-ring (bicyclic) bond motifs is 2. The van der Waals surface area contributed by atoms with Gasteiger partial charge >= 0.3 is 0 Å². The molecule has 0 saturated heterocycles. The van der Waals surface area contributed by atoms with Crippen LogP contribution in [-0.2, 0) is 16.0 Å². The number of ether oxygens (including phenoxy) is 2. The first kappa shape index (κ1) is 24.1. The number of rotatable bonds is 9. The normalized spacial score (nSPS) is 16.4. The third kappa shape index (κ3) is 5.82. The summed E-state index contributed by atoms with van der Waals surface area (Å²) in [6, 6.07) is 16.5. The van der Waals surface area contributed by atoms with Crippen LogP contribution in [0.25, 0.3) is 11.4 Å². The molecule has 0 spiro atoms. The third-order valence-corrected chi connectivity index (χ3v) is 5.81. The van der Waals surface area contributed by atoms with E-state index < -0.39 is 0 Å². The summed E-state index contributed by atoms with van der Waals surface area (Å²) in [5.74, 6) is 6.61. The Morgan fingerprint density at radius 1 is 1.03 bits per heavy atom. The molecule has 0 atom stereocenters. The number of hydrogen-bond donors (Lipinski definition) is 2. The minimum absolute atomic E-state index is 0.224. The number of nitrogens with two attached hydrogens (primary N) is 2. The second-order valence-corrected chi connectivity index (χ2v) is 9.26.